The molecular weight excluding hydrogens is 274 g/mol. The third-order valence-corrected chi connectivity index (χ3v) is 4.02. The number of aromatic nitrogens is 2. The van der Waals surface area contributed by atoms with Gasteiger partial charge in [-0.25, -0.2) is 0 Å². The Morgan fingerprint density at radius 3 is 2.45 bits per heavy atom. The monoisotopic (exact) mass is 291 g/mol. The highest BCUT2D eigenvalue weighted by molar-refractivity contribution is 5.64. The zero-order valence-corrected chi connectivity index (χ0v) is 12.3. The Hall–Kier alpha value is -2.62. The molecule has 0 spiro atoms. The molecule has 4 nitrogen and oxygen atoms in total. The Morgan fingerprint density at radius 1 is 0.864 bits per heavy atom. The van der Waals surface area contributed by atoms with Gasteiger partial charge < -0.3 is 9.42 Å². The summed E-state index contributed by atoms with van der Waals surface area (Å²) >= 11 is 0. The topological polar surface area (TPSA) is 42.2 Å². The lowest BCUT2D eigenvalue weighted by atomic mass is 10.2. The molecule has 4 heteroatoms. The van der Waals surface area contributed by atoms with Gasteiger partial charge in [-0.3, -0.25) is 0 Å². The van der Waals surface area contributed by atoms with Crippen LogP contribution < -0.4 is 4.90 Å². The van der Waals surface area contributed by atoms with Crippen LogP contribution in [0.1, 0.15) is 12.8 Å². The summed E-state index contributed by atoms with van der Waals surface area (Å²) in [5, 5.41) is 4.09. The van der Waals surface area contributed by atoms with E-state index in [2.05, 4.69) is 33.2 Å². The molecule has 0 aliphatic carbocycles. The first-order valence-corrected chi connectivity index (χ1v) is 7.65. The summed E-state index contributed by atoms with van der Waals surface area (Å²) in [7, 11) is 0. The van der Waals surface area contributed by atoms with Gasteiger partial charge in [0.05, 0.1) is 0 Å². The molecule has 1 fully saturated rings. The normalized spacial score (nSPS) is 14.5. The van der Waals surface area contributed by atoms with E-state index in [4.69, 9.17) is 4.52 Å². The minimum Gasteiger partial charge on any atom is -0.372 e. The second-order valence-electron chi connectivity index (χ2n) is 5.53. The molecule has 3 aromatic rings. The van der Waals surface area contributed by atoms with Crippen molar-refractivity contribution in [2.24, 2.45) is 0 Å². The van der Waals surface area contributed by atoms with Gasteiger partial charge in [0.1, 0.15) is 0 Å². The highest BCUT2D eigenvalue weighted by atomic mass is 16.5. The van der Waals surface area contributed by atoms with Gasteiger partial charge >= 0.3 is 0 Å². The molecule has 110 valence electrons. The first-order chi connectivity index (χ1) is 10.9. The molecule has 0 atom stereocenters. The molecule has 2 heterocycles. The Balaban J connectivity index is 1.65. The third-order valence-electron chi connectivity index (χ3n) is 4.02. The van der Waals surface area contributed by atoms with Crippen LogP contribution in [-0.4, -0.2) is 23.2 Å². The van der Waals surface area contributed by atoms with Crippen LogP contribution in [0, 0.1) is 0 Å². The summed E-state index contributed by atoms with van der Waals surface area (Å²) in [6.45, 7) is 2.26. The van der Waals surface area contributed by atoms with Crippen molar-refractivity contribution in [3.63, 3.8) is 0 Å². The van der Waals surface area contributed by atoms with Gasteiger partial charge in [0.25, 0.3) is 5.89 Å². The standard InChI is InChI=1S/C18H17N3O/c1-2-7-14(8-3-1)17-19-18(22-20-17)15-9-6-10-16(13-15)21-11-4-5-12-21/h1-3,6-10,13H,4-5,11-12H2. The Labute approximate surface area is 129 Å². The summed E-state index contributed by atoms with van der Waals surface area (Å²) in [6, 6.07) is 18.2. The summed E-state index contributed by atoms with van der Waals surface area (Å²) in [6.07, 6.45) is 2.53. The molecule has 2 aromatic carbocycles. The largest absolute Gasteiger partial charge is 0.372 e. The van der Waals surface area contributed by atoms with Crippen LogP contribution in [0.5, 0.6) is 0 Å². The molecule has 22 heavy (non-hydrogen) atoms. The van der Waals surface area contributed by atoms with E-state index in [1.165, 1.54) is 18.5 Å². The summed E-state index contributed by atoms with van der Waals surface area (Å²) < 4.78 is 5.44. The molecule has 0 unspecified atom stereocenters. The average Bonchev–Trinajstić information content (AvgIpc) is 3.28. The Bertz CT molecular complexity index is 761. The fraction of sp³-hybridized carbons (Fsp3) is 0.222. The van der Waals surface area contributed by atoms with Gasteiger partial charge in [-0.1, -0.05) is 41.6 Å². The minimum atomic E-state index is 0.569. The molecule has 1 saturated heterocycles. The number of rotatable bonds is 3. The second-order valence-corrected chi connectivity index (χ2v) is 5.53. The molecule has 0 N–H and O–H groups in total. The van der Waals surface area contributed by atoms with Crippen molar-refractivity contribution >= 4 is 5.69 Å². The zero-order valence-electron chi connectivity index (χ0n) is 12.3. The lowest BCUT2D eigenvalue weighted by molar-refractivity contribution is 0.432. The number of nitrogens with zero attached hydrogens (tertiary/aromatic N) is 3. The molecule has 0 saturated carbocycles. The van der Waals surface area contributed by atoms with E-state index < -0.39 is 0 Å². The van der Waals surface area contributed by atoms with E-state index in [1.807, 2.05) is 36.4 Å². The first-order valence-electron chi connectivity index (χ1n) is 7.65. The van der Waals surface area contributed by atoms with Gasteiger partial charge in [-0.2, -0.15) is 4.98 Å². The van der Waals surface area contributed by atoms with E-state index in [-0.39, 0.29) is 0 Å². The number of anilines is 1. The maximum atomic E-state index is 5.44. The summed E-state index contributed by atoms with van der Waals surface area (Å²) in [5.41, 5.74) is 3.17. The minimum absolute atomic E-state index is 0.569. The van der Waals surface area contributed by atoms with E-state index >= 15 is 0 Å². The maximum Gasteiger partial charge on any atom is 0.258 e. The van der Waals surface area contributed by atoms with E-state index in [1.54, 1.807) is 0 Å². The smallest absolute Gasteiger partial charge is 0.258 e. The Kier molecular flexibility index (Phi) is 3.35. The first kappa shape index (κ1) is 13.1. The summed E-state index contributed by atoms with van der Waals surface area (Å²) in [5.74, 6) is 1.20. The average molecular weight is 291 g/mol. The lowest BCUT2D eigenvalue weighted by Crippen LogP contribution is -2.17. The van der Waals surface area contributed by atoms with Crippen molar-refractivity contribution in [3.8, 4) is 22.8 Å². The molecular formula is C18H17N3O. The van der Waals surface area contributed by atoms with Crippen molar-refractivity contribution in [2.45, 2.75) is 12.8 Å². The SMILES string of the molecule is c1ccc(-c2noc(-c3cccc(N4CCCC4)c3)n2)cc1. The van der Waals surface area contributed by atoms with E-state index in [0.29, 0.717) is 11.7 Å². The second kappa shape index (κ2) is 5.64. The van der Waals surface area contributed by atoms with Gasteiger partial charge in [-0.15, -0.1) is 0 Å². The van der Waals surface area contributed by atoms with Crippen molar-refractivity contribution in [3.05, 3.63) is 54.6 Å². The number of hydrogen-bond acceptors (Lipinski definition) is 4. The molecule has 1 aliphatic heterocycles. The molecule has 1 aliphatic rings. The van der Waals surface area contributed by atoms with Crippen molar-refractivity contribution < 1.29 is 4.52 Å². The van der Waals surface area contributed by atoms with Crippen LogP contribution in [0.25, 0.3) is 22.8 Å². The van der Waals surface area contributed by atoms with E-state index in [9.17, 15) is 0 Å². The zero-order chi connectivity index (χ0) is 14.8. The number of benzene rings is 2. The van der Waals surface area contributed by atoms with Crippen LogP contribution >= 0.6 is 0 Å². The van der Waals surface area contributed by atoms with Crippen LogP contribution in [0.15, 0.2) is 59.1 Å². The van der Waals surface area contributed by atoms with Crippen LogP contribution in [0.4, 0.5) is 5.69 Å². The molecule has 0 bridgehead atoms. The van der Waals surface area contributed by atoms with Gasteiger partial charge in [0, 0.05) is 29.9 Å². The van der Waals surface area contributed by atoms with Crippen LogP contribution in [-0.2, 0) is 0 Å². The number of hydrogen-bond donors (Lipinski definition) is 0. The van der Waals surface area contributed by atoms with Crippen molar-refractivity contribution in [1.29, 1.82) is 0 Å². The highest BCUT2D eigenvalue weighted by Crippen LogP contribution is 2.27. The Morgan fingerprint density at radius 2 is 1.64 bits per heavy atom. The van der Waals surface area contributed by atoms with Crippen LogP contribution in [0.2, 0.25) is 0 Å². The predicted octanol–water partition coefficient (Wildman–Crippen LogP) is 4.00. The van der Waals surface area contributed by atoms with Crippen molar-refractivity contribution in [1.82, 2.24) is 10.1 Å². The molecule has 1 aromatic heterocycles. The fourth-order valence-electron chi connectivity index (χ4n) is 2.86. The van der Waals surface area contributed by atoms with Gasteiger partial charge in [0.15, 0.2) is 0 Å². The quantitative estimate of drug-likeness (QED) is 0.731. The van der Waals surface area contributed by atoms with Crippen molar-refractivity contribution in [2.75, 3.05) is 18.0 Å². The third kappa shape index (κ3) is 2.48. The molecule has 4 rings (SSSR count). The fourth-order valence-corrected chi connectivity index (χ4v) is 2.86. The molecule has 0 amide bonds. The van der Waals surface area contributed by atoms with Crippen LogP contribution in [0.3, 0.4) is 0 Å². The maximum absolute atomic E-state index is 5.44. The summed E-state index contributed by atoms with van der Waals surface area (Å²) in [4.78, 5) is 6.92. The molecule has 0 radical (unpaired) electrons. The highest BCUT2D eigenvalue weighted by Gasteiger charge is 2.15. The van der Waals surface area contributed by atoms with Gasteiger partial charge in [-0.05, 0) is 31.0 Å². The lowest BCUT2D eigenvalue weighted by Gasteiger charge is -2.17. The van der Waals surface area contributed by atoms with Gasteiger partial charge in [0.2, 0.25) is 5.82 Å². The van der Waals surface area contributed by atoms with E-state index in [0.717, 1.165) is 24.2 Å². The predicted molar refractivity (Wildman–Crippen MR) is 86.6 cm³/mol.